The van der Waals surface area contributed by atoms with Crippen molar-refractivity contribution in [2.75, 3.05) is 13.7 Å². The number of nitrogens with one attached hydrogen (secondary N) is 1. The zero-order valence-electron chi connectivity index (χ0n) is 11.8. The molecule has 0 unspecified atom stereocenters. The second-order valence-electron chi connectivity index (χ2n) is 5.18. The van der Waals surface area contributed by atoms with Gasteiger partial charge in [-0.3, -0.25) is 4.79 Å². The summed E-state index contributed by atoms with van der Waals surface area (Å²) >= 11 is 0. The summed E-state index contributed by atoms with van der Waals surface area (Å²) in [6.07, 6.45) is 3.13. The van der Waals surface area contributed by atoms with Crippen LogP contribution in [0.2, 0.25) is 0 Å². The molecule has 0 aromatic carbocycles. The first-order chi connectivity index (χ1) is 8.51. The topological polar surface area (TPSA) is 43.3 Å². The third-order valence-electron chi connectivity index (χ3n) is 2.96. The molecule has 0 amide bonds. The fourth-order valence-electron chi connectivity index (χ4n) is 1.92. The molecule has 1 aromatic rings. The lowest BCUT2D eigenvalue weighted by atomic mass is 9.93. The molecular formula is C14H24N2O2. The van der Waals surface area contributed by atoms with Crippen LogP contribution < -0.4 is 5.32 Å². The van der Waals surface area contributed by atoms with Crippen molar-refractivity contribution in [2.24, 2.45) is 5.41 Å². The Hall–Kier alpha value is -1.29. The third kappa shape index (κ3) is 3.88. The molecule has 0 aliphatic heterocycles. The highest BCUT2D eigenvalue weighted by molar-refractivity contribution is 5.75. The lowest BCUT2D eigenvalue weighted by Gasteiger charge is -2.23. The standard InChI is InChI=1S/C14H24N2O2/c1-5-8-15-10-12-7-6-9-16(12)11-14(2,3)13(17)18-4/h6-7,9,15H,5,8,10-11H2,1-4H3. The summed E-state index contributed by atoms with van der Waals surface area (Å²) in [7, 11) is 1.43. The van der Waals surface area contributed by atoms with Crippen molar-refractivity contribution in [3.63, 3.8) is 0 Å². The average molecular weight is 252 g/mol. The van der Waals surface area contributed by atoms with Crippen molar-refractivity contribution in [3.05, 3.63) is 24.0 Å². The minimum absolute atomic E-state index is 0.177. The molecule has 0 aliphatic rings. The summed E-state index contributed by atoms with van der Waals surface area (Å²) in [5.74, 6) is -0.177. The Morgan fingerprint density at radius 1 is 1.50 bits per heavy atom. The Morgan fingerprint density at radius 2 is 2.22 bits per heavy atom. The number of carbonyl (C=O) groups excluding carboxylic acids is 1. The van der Waals surface area contributed by atoms with Gasteiger partial charge in [0.05, 0.1) is 12.5 Å². The largest absolute Gasteiger partial charge is 0.469 e. The van der Waals surface area contributed by atoms with E-state index in [0.29, 0.717) is 6.54 Å². The highest BCUT2D eigenvalue weighted by Gasteiger charge is 2.29. The van der Waals surface area contributed by atoms with E-state index in [1.807, 2.05) is 26.1 Å². The normalized spacial score (nSPS) is 11.6. The van der Waals surface area contributed by atoms with Crippen LogP contribution in [0.4, 0.5) is 0 Å². The van der Waals surface area contributed by atoms with Crippen LogP contribution in [0.1, 0.15) is 32.9 Å². The molecule has 0 bridgehead atoms. The van der Waals surface area contributed by atoms with Gasteiger partial charge in [0.2, 0.25) is 0 Å². The molecule has 0 radical (unpaired) electrons. The van der Waals surface area contributed by atoms with Gasteiger partial charge in [-0.15, -0.1) is 0 Å². The van der Waals surface area contributed by atoms with E-state index >= 15 is 0 Å². The minimum Gasteiger partial charge on any atom is -0.469 e. The summed E-state index contributed by atoms with van der Waals surface area (Å²) < 4.78 is 6.94. The van der Waals surface area contributed by atoms with E-state index in [4.69, 9.17) is 4.74 Å². The molecule has 4 heteroatoms. The SMILES string of the molecule is CCCNCc1cccn1CC(C)(C)C(=O)OC. The fourth-order valence-corrected chi connectivity index (χ4v) is 1.92. The molecule has 1 aromatic heterocycles. The fraction of sp³-hybridized carbons (Fsp3) is 0.643. The van der Waals surface area contributed by atoms with E-state index in [1.54, 1.807) is 0 Å². The molecule has 0 saturated heterocycles. The molecule has 102 valence electrons. The van der Waals surface area contributed by atoms with Gasteiger partial charge in [0, 0.05) is 25.0 Å². The Labute approximate surface area is 109 Å². The molecular weight excluding hydrogens is 228 g/mol. The van der Waals surface area contributed by atoms with Crippen LogP contribution in [-0.4, -0.2) is 24.2 Å². The summed E-state index contributed by atoms with van der Waals surface area (Å²) in [5.41, 5.74) is 0.688. The zero-order valence-corrected chi connectivity index (χ0v) is 11.8. The van der Waals surface area contributed by atoms with Crippen LogP contribution >= 0.6 is 0 Å². The van der Waals surface area contributed by atoms with E-state index in [2.05, 4.69) is 22.9 Å². The van der Waals surface area contributed by atoms with E-state index in [1.165, 1.54) is 12.8 Å². The number of ether oxygens (including phenoxy) is 1. The monoisotopic (exact) mass is 252 g/mol. The Kier molecular flexibility index (Phi) is 5.41. The van der Waals surface area contributed by atoms with Gasteiger partial charge in [-0.2, -0.15) is 0 Å². The quantitative estimate of drug-likeness (QED) is 0.597. The first kappa shape index (κ1) is 14.8. The Balaban J connectivity index is 2.67. The van der Waals surface area contributed by atoms with Crippen LogP contribution in [0.15, 0.2) is 18.3 Å². The Morgan fingerprint density at radius 3 is 2.83 bits per heavy atom. The van der Waals surface area contributed by atoms with Crippen LogP contribution in [0, 0.1) is 5.41 Å². The van der Waals surface area contributed by atoms with Crippen molar-refractivity contribution in [1.29, 1.82) is 0 Å². The van der Waals surface area contributed by atoms with Gasteiger partial charge in [0.15, 0.2) is 0 Å². The van der Waals surface area contributed by atoms with E-state index in [0.717, 1.165) is 19.5 Å². The zero-order chi connectivity index (χ0) is 13.6. The smallest absolute Gasteiger partial charge is 0.313 e. The molecule has 0 atom stereocenters. The summed E-state index contributed by atoms with van der Waals surface area (Å²) in [4.78, 5) is 11.7. The molecule has 0 aliphatic carbocycles. The molecule has 1 heterocycles. The van der Waals surface area contributed by atoms with Crippen molar-refractivity contribution in [2.45, 2.75) is 40.3 Å². The van der Waals surface area contributed by atoms with E-state index < -0.39 is 5.41 Å². The molecule has 1 N–H and O–H groups in total. The second-order valence-corrected chi connectivity index (χ2v) is 5.18. The van der Waals surface area contributed by atoms with Gasteiger partial charge < -0.3 is 14.6 Å². The van der Waals surface area contributed by atoms with Gasteiger partial charge >= 0.3 is 5.97 Å². The maximum atomic E-state index is 11.7. The van der Waals surface area contributed by atoms with Crippen LogP contribution in [0.25, 0.3) is 0 Å². The first-order valence-corrected chi connectivity index (χ1v) is 6.44. The van der Waals surface area contributed by atoms with E-state index in [9.17, 15) is 4.79 Å². The summed E-state index contributed by atoms with van der Waals surface area (Å²) in [6, 6.07) is 4.09. The number of hydrogen-bond donors (Lipinski definition) is 1. The molecule has 1 rings (SSSR count). The van der Waals surface area contributed by atoms with Gasteiger partial charge in [-0.1, -0.05) is 6.92 Å². The van der Waals surface area contributed by atoms with Crippen LogP contribution in [0.5, 0.6) is 0 Å². The number of rotatable bonds is 7. The minimum atomic E-state index is -0.507. The maximum Gasteiger partial charge on any atom is 0.313 e. The number of carbonyl (C=O) groups is 1. The number of hydrogen-bond acceptors (Lipinski definition) is 3. The number of aromatic nitrogens is 1. The second kappa shape index (κ2) is 6.59. The molecule has 18 heavy (non-hydrogen) atoms. The third-order valence-corrected chi connectivity index (χ3v) is 2.96. The van der Waals surface area contributed by atoms with Crippen LogP contribution in [-0.2, 0) is 22.6 Å². The predicted molar refractivity (Wildman–Crippen MR) is 72.2 cm³/mol. The van der Waals surface area contributed by atoms with E-state index in [-0.39, 0.29) is 5.97 Å². The van der Waals surface area contributed by atoms with Crippen molar-refractivity contribution in [1.82, 2.24) is 9.88 Å². The average Bonchev–Trinajstić information content (AvgIpc) is 2.75. The van der Waals surface area contributed by atoms with Crippen molar-refractivity contribution >= 4 is 5.97 Å². The number of esters is 1. The predicted octanol–water partition coefficient (Wildman–Crippen LogP) is 2.19. The molecule has 0 spiro atoms. The molecule has 0 fully saturated rings. The van der Waals surface area contributed by atoms with Crippen molar-refractivity contribution in [3.8, 4) is 0 Å². The lowest BCUT2D eigenvalue weighted by molar-refractivity contribution is -0.151. The number of nitrogens with zero attached hydrogens (tertiary/aromatic N) is 1. The summed E-state index contributed by atoms with van der Waals surface area (Å²) in [5, 5.41) is 3.37. The summed E-state index contributed by atoms with van der Waals surface area (Å²) in [6.45, 7) is 8.43. The maximum absolute atomic E-state index is 11.7. The van der Waals surface area contributed by atoms with Crippen LogP contribution in [0.3, 0.4) is 0 Å². The Bertz CT molecular complexity index is 383. The molecule has 0 saturated carbocycles. The van der Waals surface area contributed by atoms with Gasteiger partial charge in [-0.25, -0.2) is 0 Å². The van der Waals surface area contributed by atoms with Crippen molar-refractivity contribution < 1.29 is 9.53 Å². The first-order valence-electron chi connectivity index (χ1n) is 6.44. The van der Waals surface area contributed by atoms with Gasteiger partial charge in [-0.05, 0) is 38.9 Å². The number of methoxy groups -OCH3 is 1. The molecule has 4 nitrogen and oxygen atoms in total. The lowest BCUT2D eigenvalue weighted by Crippen LogP contribution is -2.31. The van der Waals surface area contributed by atoms with Gasteiger partial charge in [0.1, 0.15) is 0 Å². The highest BCUT2D eigenvalue weighted by Crippen LogP contribution is 2.21. The highest BCUT2D eigenvalue weighted by atomic mass is 16.5. The van der Waals surface area contributed by atoms with Gasteiger partial charge in [0.25, 0.3) is 0 Å².